The van der Waals surface area contributed by atoms with Gasteiger partial charge in [0.2, 0.25) is 0 Å². The lowest BCUT2D eigenvalue weighted by molar-refractivity contribution is -0.138. The van der Waals surface area contributed by atoms with Gasteiger partial charge in [0.15, 0.2) is 6.61 Å². The number of ether oxygens (including phenoxy) is 1. The molecule has 0 aromatic heterocycles. The van der Waals surface area contributed by atoms with E-state index in [2.05, 4.69) is 15.9 Å². The average molecular weight is 378 g/mol. The summed E-state index contributed by atoms with van der Waals surface area (Å²) in [5.41, 5.74) is 1.13. The molecule has 2 aromatic carbocycles. The van der Waals surface area contributed by atoms with E-state index in [0.717, 1.165) is 37.2 Å². The van der Waals surface area contributed by atoms with Gasteiger partial charge in [0.05, 0.1) is 6.04 Å². The quantitative estimate of drug-likeness (QED) is 0.889. The van der Waals surface area contributed by atoms with Gasteiger partial charge in [0.1, 0.15) is 11.5 Å². The molecule has 6 rings (SSSR count). The van der Waals surface area contributed by atoms with Gasteiger partial charge >= 0.3 is 0 Å². The fourth-order valence-electron chi connectivity index (χ4n) is 5.50. The number of phenolic OH excluding ortho intramolecular Hbond substituents is 1. The lowest BCUT2D eigenvalue weighted by Crippen LogP contribution is -2.61. The van der Waals surface area contributed by atoms with Crippen LogP contribution in [0, 0.1) is 5.92 Å². The summed E-state index contributed by atoms with van der Waals surface area (Å²) in [6, 6.07) is 17.7. The van der Waals surface area contributed by atoms with Crippen molar-refractivity contribution in [2.75, 3.05) is 26.2 Å². The third kappa shape index (κ3) is 3.04. The number of amides is 1. The first kappa shape index (κ1) is 17.6. The van der Waals surface area contributed by atoms with Crippen molar-refractivity contribution in [3.05, 3.63) is 60.2 Å². The topological polar surface area (TPSA) is 53.0 Å². The molecular formula is C23H26N2O3. The van der Waals surface area contributed by atoms with Crippen LogP contribution in [0.3, 0.4) is 0 Å². The predicted octanol–water partition coefficient (Wildman–Crippen LogP) is 2.86. The van der Waals surface area contributed by atoms with Crippen LogP contribution in [0.4, 0.5) is 0 Å². The molecule has 0 aliphatic carbocycles. The van der Waals surface area contributed by atoms with Crippen LogP contribution in [-0.4, -0.2) is 59.1 Å². The Hall–Kier alpha value is -2.53. The van der Waals surface area contributed by atoms with Gasteiger partial charge in [-0.2, -0.15) is 0 Å². The second-order valence-electron chi connectivity index (χ2n) is 8.20. The second-order valence-corrected chi connectivity index (χ2v) is 8.20. The van der Waals surface area contributed by atoms with Crippen LogP contribution in [0.25, 0.3) is 0 Å². The highest BCUT2D eigenvalue weighted by molar-refractivity contribution is 5.79. The number of aromatic hydroxyl groups is 1. The number of rotatable bonds is 4. The van der Waals surface area contributed by atoms with Crippen LogP contribution in [0.1, 0.15) is 24.3 Å². The molecule has 0 radical (unpaired) electrons. The minimum absolute atomic E-state index is 0.0651. The third-order valence-corrected chi connectivity index (χ3v) is 6.72. The smallest absolute Gasteiger partial charge is 0.260 e. The van der Waals surface area contributed by atoms with Crippen molar-refractivity contribution in [3.63, 3.8) is 0 Å². The SMILES string of the molecule is O=C(COc1ccccc1)N1C[C@@H](c2cccc(O)c2)[C@@H]2[C@H]1C1CCN2CC1. The van der Waals surface area contributed by atoms with Crippen molar-refractivity contribution in [1.82, 2.24) is 9.80 Å². The maximum absolute atomic E-state index is 13.1. The van der Waals surface area contributed by atoms with E-state index in [9.17, 15) is 9.90 Å². The summed E-state index contributed by atoms with van der Waals surface area (Å²) in [6.07, 6.45) is 2.33. The van der Waals surface area contributed by atoms with Gasteiger partial charge in [0, 0.05) is 18.5 Å². The van der Waals surface area contributed by atoms with E-state index in [1.807, 2.05) is 42.5 Å². The van der Waals surface area contributed by atoms with Gasteiger partial charge in [-0.25, -0.2) is 0 Å². The Balaban J connectivity index is 1.39. The number of nitrogens with zero attached hydrogens (tertiary/aromatic N) is 2. The molecule has 4 aliphatic heterocycles. The van der Waals surface area contributed by atoms with Crippen LogP contribution in [0.2, 0.25) is 0 Å². The number of hydrogen-bond acceptors (Lipinski definition) is 4. The highest BCUT2D eigenvalue weighted by Crippen LogP contribution is 2.46. The molecule has 5 heteroatoms. The summed E-state index contributed by atoms with van der Waals surface area (Å²) >= 11 is 0. The summed E-state index contributed by atoms with van der Waals surface area (Å²) in [4.78, 5) is 17.8. The molecule has 2 aromatic rings. The van der Waals surface area contributed by atoms with E-state index in [1.165, 1.54) is 0 Å². The third-order valence-electron chi connectivity index (χ3n) is 6.72. The Kier molecular flexibility index (Phi) is 4.47. The molecular weight excluding hydrogens is 352 g/mol. The summed E-state index contributed by atoms with van der Waals surface area (Å²) in [5, 5.41) is 9.97. The summed E-state index contributed by atoms with van der Waals surface area (Å²) in [5.74, 6) is 1.89. The zero-order valence-corrected chi connectivity index (χ0v) is 15.9. The highest BCUT2D eigenvalue weighted by atomic mass is 16.5. The fourth-order valence-corrected chi connectivity index (χ4v) is 5.50. The molecule has 1 amide bonds. The largest absolute Gasteiger partial charge is 0.508 e. The number of benzene rings is 2. The number of piperidine rings is 3. The Morgan fingerprint density at radius 1 is 1.04 bits per heavy atom. The number of carbonyl (C=O) groups excluding carboxylic acids is 1. The van der Waals surface area contributed by atoms with Crippen LogP contribution >= 0.6 is 0 Å². The van der Waals surface area contributed by atoms with Crippen LogP contribution < -0.4 is 4.74 Å². The van der Waals surface area contributed by atoms with E-state index in [4.69, 9.17) is 4.74 Å². The number of fused-ring (bicyclic) bond motifs is 2. The number of likely N-dealkylation sites (tertiary alicyclic amines) is 1. The molecule has 4 heterocycles. The van der Waals surface area contributed by atoms with Crippen LogP contribution in [0.15, 0.2) is 54.6 Å². The molecule has 4 saturated heterocycles. The Morgan fingerprint density at radius 3 is 2.57 bits per heavy atom. The predicted molar refractivity (Wildman–Crippen MR) is 106 cm³/mol. The van der Waals surface area contributed by atoms with Crippen molar-refractivity contribution >= 4 is 5.91 Å². The minimum atomic E-state index is 0.0651. The Bertz CT molecular complexity index is 848. The number of para-hydroxylation sites is 1. The minimum Gasteiger partial charge on any atom is -0.508 e. The fraction of sp³-hybridized carbons (Fsp3) is 0.435. The first-order chi connectivity index (χ1) is 13.7. The molecule has 3 atom stereocenters. The first-order valence-electron chi connectivity index (χ1n) is 10.2. The summed E-state index contributed by atoms with van der Waals surface area (Å²) in [6.45, 7) is 3.00. The number of carbonyl (C=O) groups is 1. The molecule has 0 spiro atoms. The molecule has 4 aliphatic rings. The van der Waals surface area contributed by atoms with Gasteiger partial charge in [0.25, 0.3) is 5.91 Å². The molecule has 0 saturated carbocycles. The van der Waals surface area contributed by atoms with Crippen molar-refractivity contribution in [3.8, 4) is 11.5 Å². The van der Waals surface area contributed by atoms with Crippen molar-refractivity contribution in [1.29, 1.82) is 0 Å². The molecule has 1 N–H and O–H groups in total. The zero-order valence-electron chi connectivity index (χ0n) is 15.9. The molecule has 28 heavy (non-hydrogen) atoms. The lowest BCUT2D eigenvalue weighted by atomic mass is 9.75. The van der Waals surface area contributed by atoms with Crippen LogP contribution in [0.5, 0.6) is 11.5 Å². The molecule has 5 nitrogen and oxygen atoms in total. The average Bonchev–Trinajstić information content (AvgIpc) is 3.17. The van der Waals surface area contributed by atoms with Crippen molar-refractivity contribution in [2.24, 2.45) is 5.92 Å². The van der Waals surface area contributed by atoms with E-state index >= 15 is 0 Å². The van der Waals surface area contributed by atoms with Gasteiger partial charge in [-0.1, -0.05) is 30.3 Å². The standard InChI is InChI=1S/C23H26N2O3/c26-18-6-4-5-17(13-18)20-14-25(21(27)15-28-19-7-2-1-3-8-19)22-16-9-11-24(12-10-16)23(20)22/h1-8,13,16,20,22-23,26H,9-12,14-15H2/t20-,22+,23+/m0/s1. The van der Waals surface area contributed by atoms with Crippen molar-refractivity contribution < 1.29 is 14.6 Å². The summed E-state index contributed by atoms with van der Waals surface area (Å²) in [7, 11) is 0. The maximum atomic E-state index is 13.1. The first-order valence-corrected chi connectivity index (χ1v) is 10.2. The van der Waals surface area contributed by atoms with Crippen molar-refractivity contribution in [2.45, 2.75) is 30.8 Å². The van der Waals surface area contributed by atoms with Gasteiger partial charge in [-0.15, -0.1) is 0 Å². The van der Waals surface area contributed by atoms with Gasteiger partial charge < -0.3 is 14.7 Å². The van der Waals surface area contributed by atoms with E-state index in [0.29, 0.717) is 24.3 Å². The summed E-state index contributed by atoms with van der Waals surface area (Å²) < 4.78 is 5.76. The molecule has 146 valence electrons. The van der Waals surface area contributed by atoms with E-state index < -0.39 is 0 Å². The van der Waals surface area contributed by atoms with Crippen LogP contribution in [-0.2, 0) is 4.79 Å². The Labute approximate surface area is 165 Å². The van der Waals surface area contributed by atoms with E-state index in [1.54, 1.807) is 6.07 Å². The molecule has 0 unspecified atom stereocenters. The zero-order chi connectivity index (χ0) is 19.1. The van der Waals surface area contributed by atoms with Gasteiger partial charge in [-0.05, 0) is 61.7 Å². The highest BCUT2D eigenvalue weighted by Gasteiger charge is 2.54. The number of hydrogen-bond donors (Lipinski definition) is 1. The number of phenols is 1. The molecule has 2 bridgehead atoms. The second kappa shape index (κ2) is 7.13. The van der Waals surface area contributed by atoms with E-state index in [-0.39, 0.29) is 24.5 Å². The van der Waals surface area contributed by atoms with Gasteiger partial charge in [-0.3, -0.25) is 9.69 Å². The molecule has 4 fully saturated rings. The normalized spacial score (nSPS) is 30.9. The Morgan fingerprint density at radius 2 is 1.82 bits per heavy atom. The lowest BCUT2D eigenvalue weighted by Gasteiger charge is -2.51. The maximum Gasteiger partial charge on any atom is 0.260 e. The monoisotopic (exact) mass is 378 g/mol.